The summed E-state index contributed by atoms with van der Waals surface area (Å²) < 4.78 is 6.47. The summed E-state index contributed by atoms with van der Waals surface area (Å²) in [6, 6.07) is 10.7. The minimum atomic E-state index is 0.207. The maximum atomic E-state index is 5.36. The summed E-state index contributed by atoms with van der Waals surface area (Å²) in [6.07, 6.45) is 1.11. The summed E-state index contributed by atoms with van der Waals surface area (Å²) in [5.74, 6) is 0.889. The highest BCUT2D eigenvalue weighted by Gasteiger charge is 2.18. The Morgan fingerprint density at radius 3 is 2.70 bits per heavy atom. The van der Waals surface area contributed by atoms with Crippen molar-refractivity contribution in [2.75, 3.05) is 13.7 Å². The second-order valence-electron chi connectivity index (χ2n) is 4.72. The van der Waals surface area contributed by atoms with E-state index in [0.717, 1.165) is 23.2 Å². The number of hydrogen-bond donors (Lipinski definition) is 1. The lowest BCUT2D eigenvalue weighted by Gasteiger charge is -2.20. The Kier molecular flexibility index (Phi) is 5.64. The fraction of sp³-hybridized carbons (Fsp3) is 0.375. The van der Waals surface area contributed by atoms with E-state index in [0.29, 0.717) is 0 Å². The molecule has 1 unspecified atom stereocenters. The Morgan fingerprint density at radius 2 is 2.10 bits per heavy atom. The van der Waals surface area contributed by atoms with Gasteiger partial charge in [0.1, 0.15) is 5.75 Å². The first kappa shape index (κ1) is 15.5. The number of benzene rings is 1. The maximum absolute atomic E-state index is 5.36. The molecule has 1 aromatic carbocycles. The van der Waals surface area contributed by atoms with Crippen LogP contribution in [0.1, 0.15) is 34.7 Å². The number of aryl methyl sites for hydroxylation is 1. The van der Waals surface area contributed by atoms with E-state index in [-0.39, 0.29) is 6.04 Å². The summed E-state index contributed by atoms with van der Waals surface area (Å²) >= 11 is 5.50. The highest BCUT2D eigenvalue weighted by molar-refractivity contribution is 9.10. The van der Waals surface area contributed by atoms with Crippen molar-refractivity contribution in [3.05, 3.63) is 50.1 Å². The van der Waals surface area contributed by atoms with Gasteiger partial charge in [0.2, 0.25) is 0 Å². The first-order chi connectivity index (χ1) is 9.65. The zero-order chi connectivity index (χ0) is 14.5. The SMILES string of the molecule is CCCNC(c1ccc(C)s1)c1cc(OC)ccc1Br. The lowest BCUT2D eigenvalue weighted by molar-refractivity contribution is 0.413. The van der Waals surface area contributed by atoms with Crippen LogP contribution in [0.5, 0.6) is 5.75 Å². The van der Waals surface area contributed by atoms with Crippen LogP contribution in [0.2, 0.25) is 0 Å². The number of halogens is 1. The number of hydrogen-bond acceptors (Lipinski definition) is 3. The van der Waals surface area contributed by atoms with E-state index in [1.54, 1.807) is 7.11 Å². The smallest absolute Gasteiger partial charge is 0.119 e. The fourth-order valence-electron chi connectivity index (χ4n) is 2.13. The Balaban J connectivity index is 2.40. The summed E-state index contributed by atoms with van der Waals surface area (Å²) in [4.78, 5) is 2.67. The molecule has 1 atom stereocenters. The molecule has 0 radical (unpaired) electrons. The van der Waals surface area contributed by atoms with Crippen LogP contribution in [0, 0.1) is 6.92 Å². The van der Waals surface area contributed by atoms with Crippen molar-refractivity contribution in [3.8, 4) is 5.75 Å². The van der Waals surface area contributed by atoms with Crippen molar-refractivity contribution in [3.63, 3.8) is 0 Å². The average molecular weight is 354 g/mol. The van der Waals surface area contributed by atoms with Crippen LogP contribution in [-0.4, -0.2) is 13.7 Å². The molecule has 1 heterocycles. The lowest BCUT2D eigenvalue weighted by atomic mass is 10.0. The van der Waals surface area contributed by atoms with E-state index >= 15 is 0 Å². The molecule has 0 aliphatic heterocycles. The first-order valence-electron chi connectivity index (χ1n) is 6.79. The Labute approximate surface area is 133 Å². The van der Waals surface area contributed by atoms with Crippen molar-refractivity contribution >= 4 is 27.3 Å². The van der Waals surface area contributed by atoms with Gasteiger partial charge in [-0.2, -0.15) is 0 Å². The van der Waals surface area contributed by atoms with E-state index in [1.807, 2.05) is 17.4 Å². The van der Waals surface area contributed by atoms with Gasteiger partial charge >= 0.3 is 0 Å². The van der Waals surface area contributed by atoms with Gasteiger partial charge in [0.15, 0.2) is 0 Å². The van der Waals surface area contributed by atoms with Gasteiger partial charge in [0.05, 0.1) is 13.2 Å². The predicted molar refractivity (Wildman–Crippen MR) is 89.9 cm³/mol. The molecular weight excluding hydrogens is 334 g/mol. The van der Waals surface area contributed by atoms with Crippen molar-refractivity contribution in [2.45, 2.75) is 26.3 Å². The Hall–Kier alpha value is -0.840. The highest BCUT2D eigenvalue weighted by Crippen LogP contribution is 2.34. The van der Waals surface area contributed by atoms with Gasteiger partial charge in [-0.3, -0.25) is 0 Å². The monoisotopic (exact) mass is 353 g/mol. The molecule has 2 rings (SSSR count). The molecule has 1 N–H and O–H groups in total. The third-order valence-corrected chi connectivity index (χ3v) is 4.95. The largest absolute Gasteiger partial charge is 0.497 e. The maximum Gasteiger partial charge on any atom is 0.119 e. The van der Waals surface area contributed by atoms with Crippen molar-refractivity contribution in [1.82, 2.24) is 5.32 Å². The molecule has 0 aliphatic rings. The highest BCUT2D eigenvalue weighted by atomic mass is 79.9. The normalized spacial score (nSPS) is 12.4. The molecule has 0 spiro atoms. The predicted octanol–water partition coefficient (Wildman–Crippen LogP) is 4.92. The third-order valence-electron chi connectivity index (χ3n) is 3.16. The minimum absolute atomic E-state index is 0.207. The molecular formula is C16H20BrNOS. The second-order valence-corrected chi connectivity index (χ2v) is 6.90. The molecule has 2 nitrogen and oxygen atoms in total. The van der Waals surface area contributed by atoms with E-state index in [9.17, 15) is 0 Å². The standard InChI is InChI=1S/C16H20BrNOS/c1-4-9-18-16(15-8-5-11(2)20-15)13-10-12(19-3)6-7-14(13)17/h5-8,10,16,18H,4,9H2,1-3H3. The van der Waals surface area contributed by atoms with Crippen LogP contribution in [-0.2, 0) is 0 Å². The third kappa shape index (κ3) is 3.62. The van der Waals surface area contributed by atoms with E-state index in [2.05, 4.69) is 59.4 Å². The van der Waals surface area contributed by atoms with Gasteiger partial charge in [-0.25, -0.2) is 0 Å². The molecule has 108 valence electrons. The van der Waals surface area contributed by atoms with Crippen molar-refractivity contribution in [1.29, 1.82) is 0 Å². The molecule has 2 aromatic rings. The van der Waals surface area contributed by atoms with Gasteiger partial charge in [-0.05, 0) is 55.8 Å². The zero-order valence-electron chi connectivity index (χ0n) is 12.1. The van der Waals surface area contributed by atoms with E-state index in [4.69, 9.17) is 4.74 Å². The molecule has 4 heteroatoms. The average Bonchev–Trinajstić information content (AvgIpc) is 2.87. The molecule has 0 bridgehead atoms. The molecule has 20 heavy (non-hydrogen) atoms. The van der Waals surface area contributed by atoms with Crippen LogP contribution in [0.15, 0.2) is 34.8 Å². The van der Waals surface area contributed by atoms with Crippen LogP contribution in [0.4, 0.5) is 0 Å². The number of thiophene rings is 1. The van der Waals surface area contributed by atoms with Crippen molar-refractivity contribution < 1.29 is 4.74 Å². The van der Waals surface area contributed by atoms with Crippen LogP contribution in [0.3, 0.4) is 0 Å². The molecule has 0 amide bonds. The lowest BCUT2D eigenvalue weighted by Crippen LogP contribution is -2.22. The van der Waals surface area contributed by atoms with Gasteiger partial charge in [0, 0.05) is 14.2 Å². The Bertz CT molecular complexity index is 567. The van der Waals surface area contributed by atoms with Crippen LogP contribution >= 0.6 is 27.3 Å². The number of nitrogens with one attached hydrogen (secondary N) is 1. The van der Waals surface area contributed by atoms with Crippen LogP contribution < -0.4 is 10.1 Å². The first-order valence-corrected chi connectivity index (χ1v) is 8.39. The molecule has 0 saturated carbocycles. The molecule has 0 aliphatic carbocycles. The number of methoxy groups -OCH3 is 1. The summed E-state index contributed by atoms with van der Waals surface area (Å²) in [5, 5.41) is 3.63. The summed E-state index contributed by atoms with van der Waals surface area (Å²) in [5.41, 5.74) is 1.22. The van der Waals surface area contributed by atoms with Crippen LogP contribution in [0.25, 0.3) is 0 Å². The van der Waals surface area contributed by atoms with Gasteiger partial charge in [-0.1, -0.05) is 22.9 Å². The summed E-state index contributed by atoms with van der Waals surface area (Å²) in [6.45, 7) is 5.32. The van der Waals surface area contributed by atoms with Crippen molar-refractivity contribution in [2.24, 2.45) is 0 Å². The second kappa shape index (κ2) is 7.25. The number of ether oxygens (including phenoxy) is 1. The van der Waals surface area contributed by atoms with Gasteiger partial charge in [-0.15, -0.1) is 11.3 Å². The Morgan fingerprint density at radius 1 is 1.30 bits per heavy atom. The van der Waals surface area contributed by atoms with Gasteiger partial charge in [0.25, 0.3) is 0 Å². The van der Waals surface area contributed by atoms with E-state index in [1.165, 1.54) is 15.3 Å². The molecule has 0 saturated heterocycles. The summed E-state index contributed by atoms with van der Waals surface area (Å²) in [7, 11) is 1.71. The topological polar surface area (TPSA) is 21.3 Å². The zero-order valence-corrected chi connectivity index (χ0v) is 14.5. The van der Waals surface area contributed by atoms with Gasteiger partial charge < -0.3 is 10.1 Å². The van der Waals surface area contributed by atoms with E-state index < -0.39 is 0 Å². The number of rotatable bonds is 6. The quantitative estimate of drug-likeness (QED) is 0.795. The molecule has 1 aromatic heterocycles. The molecule has 0 fully saturated rings. The minimum Gasteiger partial charge on any atom is -0.497 e. The fourth-order valence-corrected chi connectivity index (χ4v) is 3.58.